The molecule has 1 aromatic heterocycles. The van der Waals surface area contributed by atoms with Crippen LogP contribution >= 0.6 is 0 Å². The van der Waals surface area contributed by atoms with Crippen molar-refractivity contribution in [3.05, 3.63) is 18.2 Å². The van der Waals surface area contributed by atoms with E-state index in [1.54, 1.807) is 41.5 Å². The van der Waals surface area contributed by atoms with E-state index in [2.05, 4.69) is 84.4 Å². The molecule has 0 bridgehead atoms. The van der Waals surface area contributed by atoms with Crippen LogP contribution in [-0.4, -0.2) is 267 Å². The summed E-state index contributed by atoms with van der Waals surface area (Å²) >= 11 is 0. The van der Waals surface area contributed by atoms with Gasteiger partial charge in [-0.2, -0.15) is 0 Å². The van der Waals surface area contributed by atoms with E-state index >= 15 is 0 Å². The average Bonchev–Trinajstić information content (AvgIpc) is 0.989. The molecule has 36 N–H and O–H groups in total. The van der Waals surface area contributed by atoms with Crippen molar-refractivity contribution in [2.24, 2.45) is 63.6 Å². The van der Waals surface area contributed by atoms with Gasteiger partial charge in [0.2, 0.25) is 76.8 Å². The third-order valence-electron chi connectivity index (χ3n) is 19.5. The van der Waals surface area contributed by atoms with Crippen LogP contribution in [0, 0.1) is 23.2 Å². The lowest BCUT2D eigenvalue weighted by atomic mass is 10.00. The van der Waals surface area contributed by atoms with Crippen LogP contribution in [0.3, 0.4) is 0 Å². The van der Waals surface area contributed by atoms with Crippen molar-refractivity contribution in [3.8, 4) is 0 Å². The Morgan fingerprint density at radius 3 is 0.790 bits per heavy atom. The molecule has 0 aliphatic carbocycles. The number of amides is 13. The maximum absolute atomic E-state index is 14.7. The molecule has 0 spiro atoms. The summed E-state index contributed by atoms with van der Waals surface area (Å²) in [5.74, 6) is -20.9. The highest BCUT2D eigenvalue weighted by Gasteiger charge is 2.40. The highest BCUT2D eigenvalue weighted by Crippen LogP contribution is 2.17. The van der Waals surface area contributed by atoms with Gasteiger partial charge in [-0.1, -0.05) is 48.0 Å². The Balaban J connectivity index is 3.78. The van der Waals surface area contributed by atoms with Crippen molar-refractivity contribution in [2.75, 3.05) is 45.8 Å². The smallest absolute Gasteiger partial charge is 0.326 e. The Kier molecular flexibility index (Phi) is 55.9. The molecule has 0 aromatic carbocycles. The molecule has 14 atom stereocenters. The third kappa shape index (κ3) is 47.2. The molecule has 0 fully saturated rings. The van der Waals surface area contributed by atoms with E-state index in [4.69, 9.17) is 51.3 Å². The van der Waals surface area contributed by atoms with Gasteiger partial charge in [0.25, 0.3) is 0 Å². The number of carboxylic acid groups (broad SMARTS) is 4. The lowest BCUT2D eigenvalue weighted by Gasteiger charge is -2.29. The monoisotopic (exact) mass is 1760 g/mol. The Bertz CT molecular complexity index is 3540. The molecular formula is C78H141N25O21. The maximum Gasteiger partial charge on any atom is 0.326 e. The van der Waals surface area contributed by atoms with Crippen LogP contribution in [0.15, 0.2) is 12.5 Å². The van der Waals surface area contributed by atoms with Gasteiger partial charge in [-0.25, -0.2) is 9.78 Å². The first-order valence-corrected chi connectivity index (χ1v) is 42.5. The Morgan fingerprint density at radius 2 is 0.556 bits per heavy atom. The zero-order valence-corrected chi connectivity index (χ0v) is 72.3. The molecule has 0 unspecified atom stereocenters. The van der Waals surface area contributed by atoms with Gasteiger partial charge in [-0.3, -0.25) is 82.1 Å². The number of aromatic nitrogens is 2. The Morgan fingerprint density at radius 1 is 0.331 bits per heavy atom. The van der Waals surface area contributed by atoms with Gasteiger partial charge >= 0.3 is 23.9 Å². The number of carboxylic acids is 4. The van der Waals surface area contributed by atoms with Gasteiger partial charge in [-0.05, 0) is 198 Å². The number of nitrogens with one attached hydrogen (secondary N) is 16. The topological polar surface area (TPSA) is 800 Å². The minimum atomic E-state index is -1.99. The first-order valence-electron chi connectivity index (χ1n) is 42.5. The molecule has 0 saturated carbocycles. The minimum Gasteiger partial charge on any atom is -0.481 e. The van der Waals surface area contributed by atoms with Gasteiger partial charge in [0.15, 0.2) is 5.96 Å². The first kappa shape index (κ1) is 111. The summed E-state index contributed by atoms with van der Waals surface area (Å²) in [5.41, 5.74) is 46.5. The number of rotatable bonds is 69. The van der Waals surface area contributed by atoms with Crippen LogP contribution in [0.4, 0.5) is 0 Å². The number of imidazole rings is 1. The van der Waals surface area contributed by atoms with E-state index in [0.717, 1.165) is 0 Å². The Labute approximate surface area is 722 Å². The summed E-state index contributed by atoms with van der Waals surface area (Å²) in [6.45, 7) is 11.2. The van der Waals surface area contributed by atoms with Gasteiger partial charge in [-0.15, -0.1) is 0 Å². The average molecular weight is 1770 g/mol. The van der Waals surface area contributed by atoms with E-state index in [1.807, 2.05) is 0 Å². The van der Waals surface area contributed by atoms with Crippen LogP contribution in [0.2, 0.25) is 0 Å². The molecular weight excluding hydrogens is 1620 g/mol. The van der Waals surface area contributed by atoms with E-state index < -0.39 is 222 Å². The number of nitrogens with zero attached hydrogens (tertiary/aromatic N) is 1. The van der Waals surface area contributed by atoms with Crippen molar-refractivity contribution in [2.45, 2.75) is 299 Å². The van der Waals surface area contributed by atoms with E-state index in [1.165, 1.54) is 12.5 Å². The lowest BCUT2D eigenvalue weighted by molar-refractivity contribution is -0.142. The quantitative estimate of drug-likeness (QED) is 0.0164. The van der Waals surface area contributed by atoms with Crippen molar-refractivity contribution >= 4 is 107 Å². The van der Waals surface area contributed by atoms with E-state index in [9.17, 15) is 102 Å². The molecule has 0 aliphatic heterocycles. The second kappa shape index (κ2) is 62.3. The van der Waals surface area contributed by atoms with Crippen molar-refractivity contribution in [1.29, 1.82) is 5.41 Å². The predicted molar refractivity (Wildman–Crippen MR) is 455 cm³/mol. The zero-order valence-electron chi connectivity index (χ0n) is 72.3. The van der Waals surface area contributed by atoms with Crippen molar-refractivity contribution < 1.29 is 102 Å². The van der Waals surface area contributed by atoms with E-state index in [0.29, 0.717) is 45.1 Å². The standard InChI is InChI=1S/C78H141N25O21/c1-43(2)34-54(97-64(110)47(85)20-7-13-27-79)71(117)100-57(38-61(104)105)74(120)94-48(21-8-14-28-80)65(111)91-51(24-11-17-31-83)68(114)98-55(35-44(3)4)72(118)101-58(39-62(106)107)75(121)95-49(22-9-15-29-81)66(112)92-52(25-12-18-32-84)69(115)99-56(36-45(5)6)73(119)102-59(40-63(108)109)76(122)96-50(23-10-16-30-82)67(113)93-53(26-19-33-89-78(86)87)70(116)103-60(77(123)124)37-46-41-88-42-90-46/h41-45,47-60H,7-40,79-85H2,1-6H3,(H,88,90)(H,91,111)(H,92,112)(H,93,113)(H,94,120)(H,95,121)(H,96,122)(H,97,110)(H,98,114)(H,99,115)(H,100,117)(H,101,118)(H,102,119)(H,103,116)(H,104,105)(H,106,107)(H,108,109)(H,123,124)(H4,86,87,89)/t47-,48-,49-,50-,51-,52-,53-,54-,55-,56-,57-,58-,59-,60-/m0/s1. The van der Waals surface area contributed by atoms with Crippen LogP contribution in [0.25, 0.3) is 0 Å². The molecule has 0 saturated heterocycles. The van der Waals surface area contributed by atoms with Gasteiger partial charge < -0.3 is 146 Å². The number of carbonyl (C=O) groups excluding carboxylic acids is 13. The summed E-state index contributed by atoms with van der Waals surface area (Å²) in [4.78, 5) is 242. The number of hydrogen-bond donors (Lipinski definition) is 28. The molecule has 46 nitrogen and oxygen atoms in total. The van der Waals surface area contributed by atoms with Crippen LogP contribution < -0.4 is 120 Å². The zero-order chi connectivity index (χ0) is 93.6. The number of carbonyl (C=O) groups is 17. The molecule has 13 amide bonds. The summed E-state index contributed by atoms with van der Waals surface area (Å²) in [6, 6.07) is -22.0. The lowest BCUT2D eigenvalue weighted by Crippen LogP contribution is -2.61. The highest BCUT2D eigenvalue weighted by atomic mass is 16.4. The van der Waals surface area contributed by atoms with E-state index in [-0.39, 0.29) is 166 Å². The van der Waals surface area contributed by atoms with Crippen LogP contribution in [-0.2, 0) is 87.9 Å². The molecule has 1 rings (SSSR count). The first-order chi connectivity index (χ1) is 58.6. The number of aliphatic carboxylic acids is 4. The molecule has 46 heteroatoms. The van der Waals surface area contributed by atoms with Crippen molar-refractivity contribution in [3.63, 3.8) is 0 Å². The SMILES string of the molecule is CC(C)C[C@H](NC(=O)[C@H](CCCCN)NC(=O)[C@H](CCCCN)NC(=O)[C@H](CC(=O)O)NC(=O)[C@H](CC(C)C)NC(=O)[C@H](CCCCN)NC(=O)[C@H](CCCCN)NC(=O)[C@H](CC(=O)O)NC(=O)[C@H](CC(C)C)NC(=O)[C@@H](N)CCCCN)C(=O)N[C@@H](CC(=O)O)C(=O)N[C@@H](CCCCN)C(=O)N[C@@H](CCCNC(=N)N)C(=O)N[C@@H](Cc1c[nH]cn1)C(=O)O. The molecule has 124 heavy (non-hydrogen) atoms. The predicted octanol–water partition coefficient (Wildman–Crippen LogP) is -5.73. The fraction of sp³-hybridized carbons (Fsp3) is 0.731. The number of aromatic amines is 1. The maximum atomic E-state index is 14.7. The third-order valence-corrected chi connectivity index (χ3v) is 19.5. The Hall–Kier alpha value is -10.8. The summed E-state index contributed by atoms with van der Waals surface area (Å²) < 4.78 is 0. The minimum absolute atomic E-state index is 0.0338. The van der Waals surface area contributed by atoms with Crippen LogP contribution in [0.1, 0.15) is 214 Å². The summed E-state index contributed by atoms with van der Waals surface area (Å²) in [5, 5.41) is 82.9. The number of hydrogen-bond acceptors (Lipinski definition) is 26. The van der Waals surface area contributed by atoms with Gasteiger partial charge in [0.05, 0.1) is 37.3 Å². The van der Waals surface area contributed by atoms with Crippen molar-refractivity contribution in [1.82, 2.24) is 84.4 Å². The van der Waals surface area contributed by atoms with Crippen LogP contribution in [0.5, 0.6) is 0 Å². The largest absolute Gasteiger partial charge is 0.481 e. The normalized spacial score (nSPS) is 14.6. The summed E-state index contributed by atoms with van der Waals surface area (Å²) in [6.07, 6.45) is 1.88. The second-order valence-electron chi connectivity index (χ2n) is 31.9. The molecule has 0 radical (unpaired) electrons. The molecule has 0 aliphatic rings. The van der Waals surface area contributed by atoms with Gasteiger partial charge in [0.1, 0.15) is 78.5 Å². The number of H-pyrrole nitrogens is 1. The number of nitrogens with two attached hydrogens (primary N) is 8. The fourth-order valence-corrected chi connectivity index (χ4v) is 12.9. The second-order valence-corrected chi connectivity index (χ2v) is 31.9. The molecule has 704 valence electrons. The number of unbranched alkanes of at least 4 members (excludes halogenated alkanes) is 6. The molecule has 1 heterocycles. The summed E-state index contributed by atoms with van der Waals surface area (Å²) in [7, 11) is 0. The molecule has 1 aromatic rings. The fourth-order valence-electron chi connectivity index (χ4n) is 12.9. The number of guanidine groups is 1. The highest BCUT2D eigenvalue weighted by molar-refractivity contribution is 6.01. The van der Waals surface area contributed by atoms with Gasteiger partial charge in [0, 0.05) is 19.2 Å².